The lowest BCUT2D eigenvalue weighted by Gasteiger charge is -2.22. The summed E-state index contributed by atoms with van der Waals surface area (Å²) < 4.78 is 30.0. The van der Waals surface area contributed by atoms with Crippen molar-refractivity contribution in [2.75, 3.05) is 26.5 Å². The highest BCUT2D eigenvalue weighted by molar-refractivity contribution is 7.89. The van der Waals surface area contributed by atoms with E-state index < -0.39 is 33.3 Å². The summed E-state index contributed by atoms with van der Waals surface area (Å²) in [5.41, 5.74) is -0.535. The van der Waals surface area contributed by atoms with E-state index >= 15 is 0 Å². The van der Waals surface area contributed by atoms with Gasteiger partial charge in [-0.15, -0.1) is 0 Å². The Balaban J connectivity index is 2.65. The molecule has 8 heteroatoms. The normalized spacial score (nSPS) is 18.6. The van der Waals surface area contributed by atoms with Crippen LogP contribution >= 0.6 is 0 Å². The maximum absolute atomic E-state index is 12.2. The lowest BCUT2D eigenvalue weighted by atomic mass is 10.1. The predicted molar refractivity (Wildman–Crippen MR) is 71.5 cm³/mol. The molecule has 0 aromatic carbocycles. The molecule has 0 aliphatic heterocycles. The lowest BCUT2D eigenvalue weighted by molar-refractivity contribution is -0.142. The number of carbonyl (C=O) groups excluding carboxylic acids is 1. The first-order valence-corrected chi connectivity index (χ1v) is 7.96. The van der Waals surface area contributed by atoms with Crippen molar-refractivity contribution in [1.29, 1.82) is 0 Å². The van der Waals surface area contributed by atoms with Crippen LogP contribution in [-0.4, -0.2) is 56.2 Å². The monoisotopic (exact) mass is 307 g/mol. The fourth-order valence-corrected chi connectivity index (χ4v) is 3.84. The van der Waals surface area contributed by atoms with Crippen molar-refractivity contribution in [2.24, 2.45) is 11.3 Å². The Morgan fingerprint density at radius 2 is 1.95 bits per heavy atom. The highest BCUT2D eigenvalue weighted by Gasteiger charge is 2.48. The van der Waals surface area contributed by atoms with Gasteiger partial charge in [-0.3, -0.25) is 9.59 Å². The summed E-state index contributed by atoms with van der Waals surface area (Å²) in [5, 5.41) is 8.81. The van der Waals surface area contributed by atoms with Gasteiger partial charge in [-0.05, 0) is 18.3 Å². The maximum Gasteiger partial charge on any atom is 0.307 e. The van der Waals surface area contributed by atoms with Crippen LogP contribution in [0, 0.1) is 11.3 Å². The standard InChI is InChI=1S/C12H21NO6S/c1-9(11(15)16)7-13(2)20(17,18)8-12(4-5-12)6-10(14)19-3/h9H,4-8H2,1-3H3,(H,15,16). The van der Waals surface area contributed by atoms with Crippen LogP contribution in [0.4, 0.5) is 0 Å². The molecule has 7 nitrogen and oxygen atoms in total. The van der Waals surface area contributed by atoms with Crippen LogP contribution in [0.25, 0.3) is 0 Å². The minimum absolute atomic E-state index is 0.0774. The fourth-order valence-electron chi connectivity index (χ4n) is 2.00. The van der Waals surface area contributed by atoms with Crippen molar-refractivity contribution in [1.82, 2.24) is 4.31 Å². The molecule has 0 aromatic rings. The van der Waals surface area contributed by atoms with E-state index in [9.17, 15) is 18.0 Å². The molecule has 1 rings (SSSR count). The maximum atomic E-state index is 12.2. The van der Waals surface area contributed by atoms with Gasteiger partial charge in [-0.25, -0.2) is 12.7 Å². The molecule has 1 atom stereocenters. The summed E-state index contributed by atoms with van der Waals surface area (Å²) in [6, 6.07) is 0. The van der Waals surface area contributed by atoms with Crippen LogP contribution in [0.3, 0.4) is 0 Å². The second kappa shape index (κ2) is 6.09. The first-order valence-electron chi connectivity index (χ1n) is 6.35. The Hall–Kier alpha value is -1.15. The highest BCUT2D eigenvalue weighted by atomic mass is 32.2. The number of carboxylic acid groups (broad SMARTS) is 1. The van der Waals surface area contributed by atoms with Gasteiger partial charge in [0.25, 0.3) is 0 Å². The molecule has 0 radical (unpaired) electrons. The van der Waals surface area contributed by atoms with E-state index in [2.05, 4.69) is 4.74 Å². The quantitative estimate of drug-likeness (QED) is 0.648. The van der Waals surface area contributed by atoms with Crippen LogP contribution in [0.1, 0.15) is 26.2 Å². The topological polar surface area (TPSA) is 101 Å². The summed E-state index contributed by atoms with van der Waals surface area (Å²) in [5.74, 6) is -2.37. The molecule has 1 saturated carbocycles. The SMILES string of the molecule is COC(=O)CC1(CS(=O)(=O)N(C)CC(C)C(=O)O)CC1. The zero-order chi connectivity index (χ0) is 15.6. The van der Waals surface area contributed by atoms with Crippen molar-refractivity contribution in [2.45, 2.75) is 26.2 Å². The smallest absolute Gasteiger partial charge is 0.307 e. The molecule has 1 fully saturated rings. The molecule has 0 bridgehead atoms. The molecule has 0 heterocycles. The second-order valence-electron chi connectivity index (χ2n) is 5.53. The molecule has 1 N–H and O–H groups in total. The van der Waals surface area contributed by atoms with Crippen molar-refractivity contribution in [3.8, 4) is 0 Å². The third-order valence-corrected chi connectivity index (χ3v) is 5.70. The summed E-state index contributed by atoms with van der Waals surface area (Å²) >= 11 is 0. The number of hydrogen-bond acceptors (Lipinski definition) is 5. The highest BCUT2D eigenvalue weighted by Crippen LogP contribution is 2.50. The summed E-state index contributed by atoms with van der Waals surface area (Å²) in [4.78, 5) is 22.0. The number of carboxylic acids is 1. The third-order valence-electron chi connectivity index (χ3n) is 3.62. The fraction of sp³-hybridized carbons (Fsp3) is 0.833. The lowest BCUT2D eigenvalue weighted by Crippen LogP contribution is -2.37. The third kappa shape index (κ3) is 4.45. The molecule has 116 valence electrons. The minimum Gasteiger partial charge on any atom is -0.481 e. The number of nitrogens with zero attached hydrogens (tertiary/aromatic N) is 1. The molecule has 0 aromatic heterocycles. The molecular weight excluding hydrogens is 286 g/mol. The Morgan fingerprint density at radius 3 is 2.35 bits per heavy atom. The Bertz CT molecular complexity index is 482. The number of esters is 1. The summed E-state index contributed by atoms with van der Waals surface area (Å²) in [6.07, 6.45) is 1.43. The summed E-state index contributed by atoms with van der Waals surface area (Å²) in [7, 11) is -0.940. The molecule has 0 amide bonds. The van der Waals surface area contributed by atoms with E-state index in [1.54, 1.807) is 0 Å². The van der Waals surface area contributed by atoms with Crippen LogP contribution in [0.5, 0.6) is 0 Å². The van der Waals surface area contributed by atoms with E-state index in [0.29, 0.717) is 12.8 Å². The van der Waals surface area contributed by atoms with Gasteiger partial charge in [0, 0.05) is 13.6 Å². The molecule has 1 unspecified atom stereocenters. The van der Waals surface area contributed by atoms with Gasteiger partial charge in [0.05, 0.1) is 25.2 Å². The summed E-state index contributed by atoms with van der Waals surface area (Å²) in [6.45, 7) is 1.38. The van der Waals surface area contributed by atoms with Crippen molar-refractivity contribution in [3.63, 3.8) is 0 Å². The van der Waals surface area contributed by atoms with Gasteiger partial charge in [0.2, 0.25) is 10.0 Å². The average molecular weight is 307 g/mol. The second-order valence-corrected chi connectivity index (χ2v) is 7.60. The van der Waals surface area contributed by atoms with E-state index in [0.717, 1.165) is 4.31 Å². The number of aliphatic carboxylic acids is 1. The van der Waals surface area contributed by atoms with Gasteiger partial charge >= 0.3 is 11.9 Å². The van der Waals surface area contributed by atoms with Crippen LogP contribution in [-0.2, 0) is 24.3 Å². The zero-order valence-electron chi connectivity index (χ0n) is 12.0. The van der Waals surface area contributed by atoms with Crippen LogP contribution in [0.2, 0.25) is 0 Å². The van der Waals surface area contributed by atoms with Gasteiger partial charge in [0.1, 0.15) is 0 Å². The van der Waals surface area contributed by atoms with Crippen molar-refractivity contribution >= 4 is 22.0 Å². The molecule has 20 heavy (non-hydrogen) atoms. The van der Waals surface area contributed by atoms with E-state index in [1.165, 1.54) is 21.1 Å². The van der Waals surface area contributed by atoms with Crippen molar-refractivity contribution in [3.05, 3.63) is 0 Å². The molecule has 1 aliphatic rings. The Morgan fingerprint density at radius 1 is 1.40 bits per heavy atom. The molecule has 1 aliphatic carbocycles. The van der Waals surface area contributed by atoms with Gasteiger partial charge in [-0.2, -0.15) is 0 Å². The number of hydrogen-bond donors (Lipinski definition) is 1. The van der Waals surface area contributed by atoms with Crippen molar-refractivity contribution < 1.29 is 27.9 Å². The van der Waals surface area contributed by atoms with Crippen LogP contribution < -0.4 is 0 Å². The molecule has 0 spiro atoms. The predicted octanol–water partition coefficient (Wildman–Crippen LogP) is 0.312. The van der Waals surface area contributed by atoms with Gasteiger partial charge in [-0.1, -0.05) is 6.92 Å². The molecule has 0 saturated heterocycles. The number of carbonyl (C=O) groups is 2. The van der Waals surface area contributed by atoms with E-state index in [4.69, 9.17) is 5.11 Å². The number of rotatable bonds is 8. The first-order chi connectivity index (χ1) is 9.12. The number of sulfonamides is 1. The molecular formula is C12H21NO6S. The Labute approximate surface area is 118 Å². The van der Waals surface area contributed by atoms with Gasteiger partial charge < -0.3 is 9.84 Å². The minimum atomic E-state index is -3.58. The Kier molecular flexibility index (Phi) is 5.15. The largest absolute Gasteiger partial charge is 0.481 e. The zero-order valence-corrected chi connectivity index (χ0v) is 12.8. The average Bonchev–Trinajstić information content (AvgIpc) is 3.07. The first kappa shape index (κ1) is 16.9. The number of methoxy groups -OCH3 is 1. The van der Waals surface area contributed by atoms with Gasteiger partial charge in [0.15, 0.2) is 0 Å². The number of ether oxygens (including phenoxy) is 1. The van der Waals surface area contributed by atoms with E-state index in [1.807, 2.05) is 0 Å². The van der Waals surface area contributed by atoms with E-state index in [-0.39, 0.29) is 18.7 Å². The van der Waals surface area contributed by atoms with Crippen LogP contribution in [0.15, 0.2) is 0 Å².